The highest BCUT2D eigenvalue weighted by Crippen LogP contribution is 2.36. The minimum atomic E-state index is 0.878. The van der Waals surface area contributed by atoms with Gasteiger partial charge < -0.3 is 0 Å². The third kappa shape index (κ3) is 2.96. The molecule has 0 bridgehead atoms. The van der Waals surface area contributed by atoms with Crippen molar-refractivity contribution in [1.82, 2.24) is 0 Å². The van der Waals surface area contributed by atoms with Gasteiger partial charge in [0, 0.05) is 0 Å². The fraction of sp³-hybridized carbons (Fsp3) is 0.667. The van der Waals surface area contributed by atoms with Gasteiger partial charge in [-0.25, -0.2) is 0 Å². The number of hydrogen-bond donors (Lipinski definition) is 0. The first kappa shape index (κ1) is 11.0. The van der Waals surface area contributed by atoms with Crippen LogP contribution in [0.1, 0.15) is 51.9 Å². The Bertz CT molecular complexity index is 239. The highest BCUT2D eigenvalue weighted by Gasteiger charge is 2.22. The van der Waals surface area contributed by atoms with Gasteiger partial charge in [0.1, 0.15) is 0 Å². The molecule has 1 fully saturated rings. The first-order valence-electron chi connectivity index (χ1n) is 6.60. The summed E-state index contributed by atoms with van der Waals surface area (Å²) in [6.45, 7) is 2.31. The fourth-order valence-electron chi connectivity index (χ4n) is 3.03. The molecular weight excluding hydrogens is 180 g/mol. The highest BCUT2D eigenvalue weighted by atomic mass is 14.3. The molecule has 0 aliphatic heterocycles. The van der Waals surface area contributed by atoms with Crippen molar-refractivity contribution in [3.63, 3.8) is 0 Å². The summed E-state index contributed by atoms with van der Waals surface area (Å²) in [5, 5.41) is 0. The number of hydrogen-bond acceptors (Lipinski definition) is 0. The Morgan fingerprint density at radius 1 is 1.20 bits per heavy atom. The van der Waals surface area contributed by atoms with E-state index in [1.54, 1.807) is 5.57 Å². The zero-order valence-electron chi connectivity index (χ0n) is 9.91. The first-order valence-corrected chi connectivity index (χ1v) is 6.60. The Kier molecular flexibility index (Phi) is 4.05. The normalized spacial score (nSPS) is 31.4. The van der Waals surface area contributed by atoms with Crippen molar-refractivity contribution < 1.29 is 0 Å². The molecule has 83 valence electrons. The van der Waals surface area contributed by atoms with E-state index in [1.165, 1.54) is 38.5 Å². The molecule has 0 aromatic rings. The quantitative estimate of drug-likeness (QED) is 0.624. The monoisotopic (exact) mass is 203 g/mol. The van der Waals surface area contributed by atoms with Gasteiger partial charge >= 0.3 is 0 Å². The van der Waals surface area contributed by atoms with E-state index in [0.29, 0.717) is 0 Å². The summed E-state index contributed by atoms with van der Waals surface area (Å²) in [7, 11) is 0. The molecule has 2 rings (SSSR count). The summed E-state index contributed by atoms with van der Waals surface area (Å²) in [6.07, 6.45) is 19.0. The molecule has 0 aromatic heterocycles. The van der Waals surface area contributed by atoms with Gasteiger partial charge in [-0.2, -0.15) is 0 Å². The summed E-state index contributed by atoms with van der Waals surface area (Å²) in [5.41, 5.74) is 1.62. The minimum absolute atomic E-state index is 0.878. The SMILES string of the molecule is CCC[C@H]1CC[C@H](C2=CC[CH]C=C2)CC1. The van der Waals surface area contributed by atoms with Crippen molar-refractivity contribution in [1.29, 1.82) is 0 Å². The maximum atomic E-state index is 2.42. The second kappa shape index (κ2) is 5.53. The predicted octanol–water partition coefficient (Wildman–Crippen LogP) is 4.68. The van der Waals surface area contributed by atoms with Crippen molar-refractivity contribution in [3.8, 4) is 0 Å². The predicted molar refractivity (Wildman–Crippen MR) is 66.5 cm³/mol. The largest absolute Gasteiger partial charge is 0.0804 e. The smallest absolute Gasteiger partial charge is 0.0129 e. The summed E-state index contributed by atoms with van der Waals surface area (Å²) >= 11 is 0. The van der Waals surface area contributed by atoms with Crippen LogP contribution in [0.2, 0.25) is 0 Å². The van der Waals surface area contributed by atoms with Crippen molar-refractivity contribution in [2.45, 2.75) is 51.9 Å². The van der Waals surface area contributed by atoms with Gasteiger partial charge in [0.05, 0.1) is 0 Å². The Morgan fingerprint density at radius 3 is 2.60 bits per heavy atom. The van der Waals surface area contributed by atoms with Crippen LogP contribution in [0.4, 0.5) is 0 Å². The molecular formula is C15H23. The average Bonchev–Trinajstić information content (AvgIpc) is 2.32. The van der Waals surface area contributed by atoms with Gasteiger partial charge in [0.2, 0.25) is 0 Å². The van der Waals surface area contributed by atoms with E-state index in [2.05, 4.69) is 31.6 Å². The Morgan fingerprint density at radius 2 is 2.00 bits per heavy atom. The second-order valence-electron chi connectivity index (χ2n) is 5.04. The fourth-order valence-corrected chi connectivity index (χ4v) is 3.03. The van der Waals surface area contributed by atoms with E-state index in [-0.39, 0.29) is 0 Å². The van der Waals surface area contributed by atoms with E-state index in [4.69, 9.17) is 0 Å². The maximum Gasteiger partial charge on any atom is -0.0129 e. The van der Waals surface area contributed by atoms with Crippen LogP contribution in [0, 0.1) is 18.3 Å². The molecule has 0 unspecified atom stereocenters. The standard InChI is InChI=1S/C15H23/c1-2-6-13-9-11-15(12-10-13)14-7-4-3-5-8-14/h3-4,7-8,13,15H,2,5-6,9-12H2,1H3/t13-,15-. The van der Waals surface area contributed by atoms with Gasteiger partial charge in [-0.3, -0.25) is 0 Å². The van der Waals surface area contributed by atoms with E-state index in [0.717, 1.165) is 18.3 Å². The first-order chi connectivity index (χ1) is 7.40. The summed E-state index contributed by atoms with van der Waals surface area (Å²) in [4.78, 5) is 0. The van der Waals surface area contributed by atoms with E-state index in [1.807, 2.05) is 0 Å². The zero-order chi connectivity index (χ0) is 10.5. The van der Waals surface area contributed by atoms with Crippen LogP contribution in [-0.4, -0.2) is 0 Å². The molecule has 0 aromatic carbocycles. The Labute approximate surface area is 94.5 Å². The van der Waals surface area contributed by atoms with Gasteiger partial charge in [-0.1, -0.05) is 38.0 Å². The molecule has 0 spiro atoms. The molecule has 1 saturated carbocycles. The molecule has 0 N–H and O–H groups in total. The van der Waals surface area contributed by atoms with E-state index >= 15 is 0 Å². The minimum Gasteiger partial charge on any atom is -0.0804 e. The third-order valence-electron chi connectivity index (χ3n) is 3.93. The van der Waals surface area contributed by atoms with E-state index < -0.39 is 0 Å². The van der Waals surface area contributed by atoms with Gasteiger partial charge in [0.25, 0.3) is 0 Å². The topological polar surface area (TPSA) is 0 Å². The van der Waals surface area contributed by atoms with Crippen LogP contribution < -0.4 is 0 Å². The lowest BCUT2D eigenvalue weighted by atomic mass is 9.76. The average molecular weight is 203 g/mol. The summed E-state index contributed by atoms with van der Waals surface area (Å²) in [5.74, 6) is 1.91. The van der Waals surface area contributed by atoms with Crippen LogP contribution in [-0.2, 0) is 0 Å². The number of rotatable bonds is 3. The van der Waals surface area contributed by atoms with Crippen LogP contribution in [0.15, 0.2) is 23.8 Å². The molecule has 2 aliphatic rings. The van der Waals surface area contributed by atoms with E-state index in [9.17, 15) is 0 Å². The van der Waals surface area contributed by atoms with Crippen LogP contribution in [0.25, 0.3) is 0 Å². The molecule has 0 atom stereocenters. The van der Waals surface area contributed by atoms with Gasteiger partial charge in [-0.05, 0) is 55.9 Å². The summed E-state index contributed by atoms with van der Waals surface area (Å²) in [6, 6.07) is 0. The number of allylic oxidation sites excluding steroid dienone is 4. The van der Waals surface area contributed by atoms with Crippen LogP contribution in [0.3, 0.4) is 0 Å². The highest BCUT2D eigenvalue weighted by molar-refractivity contribution is 5.28. The van der Waals surface area contributed by atoms with Crippen molar-refractivity contribution >= 4 is 0 Å². The Balaban J connectivity index is 1.82. The zero-order valence-corrected chi connectivity index (χ0v) is 9.91. The maximum absolute atomic E-state index is 2.42. The molecule has 0 amide bonds. The van der Waals surface area contributed by atoms with Crippen molar-refractivity contribution in [2.75, 3.05) is 0 Å². The molecule has 1 radical (unpaired) electrons. The lowest BCUT2D eigenvalue weighted by Crippen LogP contribution is -2.16. The molecule has 0 heterocycles. The molecule has 0 saturated heterocycles. The third-order valence-corrected chi connectivity index (χ3v) is 3.93. The van der Waals surface area contributed by atoms with Crippen molar-refractivity contribution in [3.05, 3.63) is 30.2 Å². The van der Waals surface area contributed by atoms with Gasteiger partial charge in [0.15, 0.2) is 0 Å². The van der Waals surface area contributed by atoms with Crippen LogP contribution >= 0.6 is 0 Å². The Hall–Kier alpha value is -0.520. The van der Waals surface area contributed by atoms with Crippen molar-refractivity contribution in [2.24, 2.45) is 11.8 Å². The molecule has 15 heavy (non-hydrogen) atoms. The lowest BCUT2D eigenvalue weighted by Gasteiger charge is -2.29. The molecule has 0 nitrogen and oxygen atoms in total. The second-order valence-corrected chi connectivity index (χ2v) is 5.04. The molecule has 2 aliphatic carbocycles. The van der Waals surface area contributed by atoms with Crippen LogP contribution in [0.5, 0.6) is 0 Å². The molecule has 0 heteroatoms. The lowest BCUT2D eigenvalue weighted by molar-refractivity contribution is 0.288. The summed E-state index contributed by atoms with van der Waals surface area (Å²) < 4.78 is 0. The van der Waals surface area contributed by atoms with Gasteiger partial charge in [-0.15, -0.1) is 0 Å².